The summed E-state index contributed by atoms with van der Waals surface area (Å²) in [4.78, 5) is 25.9. The van der Waals surface area contributed by atoms with Crippen molar-refractivity contribution < 1.29 is 14.3 Å². The molecule has 1 fully saturated rings. The molecule has 0 saturated heterocycles. The molecule has 0 atom stereocenters. The minimum Gasteiger partial charge on any atom is -0.444 e. The van der Waals surface area contributed by atoms with Gasteiger partial charge in [0.15, 0.2) is 0 Å². The maximum Gasteiger partial charge on any atom is 0.407 e. The van der Waals surface area contributed by atoms with E-state index in [1.54, 1.807) is 0 Å². The van der Waals surface area contributed by atoms with Crippen molar-refractivity contribution in [1.29, 1.82) is 0 Å². The number of ether oxygens (including phenoxy) is 1. The first-order valence-corrected chi connectivity index (χ1v) is 10.8. The van der Waals surface area contributed by atoms with Crippen LogP contribution in [0.1, 0.15) is 74.3 Å². The number of hydrogen-bond donors (Lipinski definition) is 2. The Morgan fingerprint density at radius 1 is 1.21 bits per heavy atom. The van der Waals surface area contributed by atoms with Crippen molar-refractivity contribution in [3.63, 3.8) is 0 Å². The summed E-state index contributed by atoms with van der Waals surface area (Å²) in [5.74, 6) is -0.123. The number of nitrogens with one attached hydrogen (secondary N) is 2. The third-order valence-electron chi connectivity index (χ3n) is 4.79. The first kappa shape index (κ1) is 20.6. The fourth-order valence-electron chi connectivity index (χ4n) is 3.50. The summed E-state index contributed by atoms with van der Waals surface area (Å²) >= 11 is 1.50. The topological polar surface area (TPSA) is 85.3 Å². The summed E-state index contributed by atoms with van der Waals surface area (Å²) in [5.41, 5.74) is 0.441. The van der Waals surface area contributed by atoms with Crippen LogP contribution < -0.4 is 10.6 Å². The van der Waals surface area contributed by atoms with Gasteiger partial charge in [-0.25, -0.2) is 4.79 Å². The summed E-state index contributed by atoms with van der Waals surface area (Å²) in [7, 11) is 0. The second-order valence-electron chi connectivity index (χ2n) is 8.34. The summed E-state index contributed by atoms with van der Waals surface area (Å²) in [6.07, 6.45) is 5.63. The van der Waals surface area contributed by atoms with E-state index in [0.717, 1.165) is 28.8 Å². The molecule has 2 aromatic heterocycles. The largest absolute Gasteiger partial charge is 0.444 e. The highest BCUT2D eigenvalue weighted by molar-refractivity contribution is 7.20. The van der Waals surface area contributed by atoms with Crippen molar-refractivity contribution in [3.05, 3.63) is 16.6 Å². The predicted molar refractivity (Wildman–Crippen MR) is 111 cm³/mol. The second kappa shape index (κ2) is 8.51. The lowest BCUT2D eigenvalue weighted by atomic mass is 9.96. The third kappa shape index (κ3) is 5.04. The van der Waals surface area contributed by atoms with Crippen molar-refractivity contribution in [2.45, 2.75) is 71.4 Å². The van der Waals surface area contributed by atoms with Crippen molar-refractivity contribution >= 4 is 33.6 Å². The molecule has 7 nitrogen and oxygen atoms in total. The monoisotopic (exact) mass is 406 g/mol. The fraction of sp³-hybridized carbons (Fsp3) is 0.650. The lowest BCUT2D eigenvalue weighted by Crippen LogP contribution is -2.37. The molecular formula is C20H30N4O3S. The first-order chi connectivity index (χ1) is 13.2. The molecule has 0 radical (unpaired) electrons. The molecule has 0 aromatic carbocycles. The molecule has 8 heteroatoms. The number of alkyl carbamates (subject to hydrolysis) is 1. The Balaban J connectivity index is 1.57. The number of carbonyl (C=O) groups excluding carboxylic acids is 2. The van der Waals surface area contributed by atoms with Crippen LogP contribution in [-0.2, 0) is 4.74 Å². The zero-order chi connectivity index (χ0) is 20.3. The van der Waals surface area contributed by atoms with Crippen molar-refractivity contribution in [1.82, 2.24) is 20.4 Å². The Bertz CT molecular complexity index is 844. The maximum absolute atomic E-state index is 12.5. The molecule has 0 bridgehead atoms. The van der Waals surface area contributed by atoms with Gasteiger partial charge in [-0.05, 0) is 46.6 Å². The van der Waals surface area contributed by atoms with Gasteiger partial charge in [-0.15, -0.1) is 11.3 Å². The quantitative estimate of drug-likeness (QED) is 0.730. The van der Waals surface area contributed by atoms with Gasteiger partial charge in [0.2, 0.25) is 0 Å². The molecule has 2 aromatic rings. The minimum atomic E-state index is -0.533. The van der Waals surface area contributed by atoms with E-state index in [0.29, 0.717) is 24.0 Å². The number of amides is 2. The van der Waals surface area contributed by atoms with Gasteiger partial charge < -0.3 is 15.4 Å². The molecule has 0 unspecified atom stereocenters. The van der Waals surface area contributed by atoms with Gasteiger partial charge in [-0.1, -0.05) is 19.3 Å². The number of fused-ring (bicyclic) bond motifs is 1. The molecule has 2 N–H and O–H groups in total. The molecule has 0 spiro atoms. The van der Waals surface area contributed by atoms with Crippen LogP contribution in [0, 0.1) is 6.92 Å². The number of aromatic nitrogens is 2. The van der Waals surface area contributed by atoms with Gasteiger partial charge >= 0.3 is 6.09 Å². The summed E-state index contributed by atoms with van der Waals surface area (Å²) < 4.78 is 7.31. The molecular weight excluding hydrogens is 376 g/mol. The van der Waals surface area contributed by atoms with Gasteiger partial charge in [0.25, 0.3) is 5.91 Å². The molecule has 0 aliphatic heterocycles. The Kier molecular flexibility index (Phi) is 6.27. The number of rotatable bonds is 5. The highest BCUT2D eigenvalue weighted by Gasteiger charge is 2.22. The normalized spacial score (nSPS) is 15.6. The van der Waals surface area contributed by atoms with E-state index in [1.165, 1.54) is 30.6 Å². The van der Waals surface area contributed by atoms with Gasteiger partial charge in [0, 0.05) is 18.5 Å². The Morgan fingerprint density at radius 3 is 2.57 bits per heavy atom. The fourth-order valence-corrected chi connectivity index (χ4v) is 4.65. The first-order valence-electron chi connectivity index (χ1n) is 9.98. The second-order valence-corrected chi connectivity index (χ2v) is 9.37. The zero-order valence-corrected chi connectivity index (χ0v) is 17.9. The number of nitrogens with zero attached hydrogens (tertiary/aromatic N) is 2. The molecule has 2 heterocycles. The number of aryl methyl sites for hydroxylation is 1. The van der Waals surface area contributed by atoms with E-state index >= 15 is 0 Å². The number of carbonyl (C=O) groups is 2. The lowest BCUT2D eigenvalue weighted by molar-refractivity contribution is 0.0526. The van der Waals surface area contributed by atoms with Crippen molar-refractivity contribution in [2.75, 3.05) is 13.1 Å². The Labute approximate surface area is 169 Å². The average Bonchev–Trinajstić information content (AvgIpc) is 3.19. The van der Waals surface area contributed by atoms with Crippen LogP contribution in [0.25, 0.3) is 10.2 Å². The summed E-state index contributed by atoms with van der Waals surface area (Å²) in [5, 5.41) is 11.3. The van der Waals surface area contributed by atoms with E-state index in [1.807, 2.05) is 33.8 Å². The Morgan fingerprint density at radius 2 is 1.89 bits per heavy atom. The van der Waals surface area contributed by atoms with E-state index in [9.17, 15) is 9.59 Å². The van der Waals surface area contributed by atoms with Gasteiger partial charge in [-0.2, -0.15) is 5.10 Å². The lowest BCUT2D eigenvalue weighted by Gasteiger charge is -2.22. The SMILES string of the molecule is Cc1nn(C2CCCCC2)c2sc(C(=O)NCCNC(=O)OC(C)(C)C)cc12. The summed E-state index contributed by atoms with van der Waals surface area (Å²) in [6.45, 7) is 8.10. The van der Waals surface area contributed by atoms with E-state index in [4.69, 9.17) is 9.84 Å². The van der Waals surface area contributed by atoms with E-state index in [2.05, 4.69) is 15.3 Å². The molecule has 1 aliphatic carbocycles. The Hall–Kier alpha value is -2.09. The number of thiophene rings is 1. The highest BCUT2D eigenvalue weighted by Crippen LogP contribution is 2.35. The number of hydrogen-bond acceptors (Lipinski definition) is 5. The highest BCUT2D eigenvalue weighted by atomic mass is 32.1. The van der Waals surface area contributed by atoms with Gasteiger partial charge in [0.1, 0.15) is 10.4 Å². The van der Waals surface area contributed by atoms with Crippen molar-refractivity contribution in [3.8, 4) is 0 Å². The van der Waals surface area contributed by atoms with Crippen LogP contribution >= 0.6 is 11.3 Å². The van der Waals surface area contributed by atoms with E-state index < -0.39 is 11.7 Å². The van der Waals surface area contributed by atoms with Crippen LogP contribution in [0.3, 0.4) is 0 Å². The standard InChI is InChI=1S/C20H30N4O3S/c1-13-15-12-16(17(25)21-10-11-22-19(26)27-20(2,3)4)28-18(15)24(23-13)14-8-6-5-7-9-14/h12,14H,5-11H2,1-4H3,(H,21,25)(H,22,26). The molecule has 2 amide bonds. The molecule has 3 rings (SSSR count). The van der Waals surface area contributed by atoms with Crippen LogP contribution in [-0.4, -0.2) is 40.5 Å². The third-order valence-corrected chi connectivity index (χ3v) is 5.91. The van der Waals surface area contributed by atoms with E-state index in [-0.39, 0.29) is 5.91 Å². The average molecular weight is 407 g/mol. The summed E-state index contributed by atoms with van der Waals surface area (Å²) in [6, 6.07) is 2.37. The van der Waals surface area contributed by atoms with Gasteiger partial charge in [0.05, 0.1) is 16.6 Å². The zero-order valence-electron chi connectivity index (χ0n) is 17.1. The van der Waals surface area contributed by atoms with Crippen LogP contribution in [0.15, 0.2) is 6.07 Å². The smallest absolute Gasteiger partial charge is 0.407 e. The van der Waals surface area contributed by atoms with Gasteiger partial charge in [-0.3, -0.25) is 9.48 Å². The minimum absolute atomic E-state index is 0.123. The van der Waals surface area contributed by atoms with Crippen molar-refractivity contribution in [2.24, 2.45) is 0 Å². The van der Waals surface area contributed by atoms with Crippen LogP contribution in [0.2, 0.25) is 0 Å². The predicted octanol–water partition coefficient (Wildman–Crippen LogP) is 4.17. The molecule has 1 saturated carbocycles. The molecule has 28 heavy (non-hydrogen) atoms. The maximum atomic E-state index is 12.5. The molecule has 154 valence electrons. The molecule has 1 aliphatic rings. The van der Waals surface area contributed by atoms with Crippen LogP contribution in [0.5, 0.6) is 0 Å². The van der Waals surface area contributed by atoms with Crippen LogP contribution in [0.4, 0.5) is 4.79 Å².